The minimum Gasteiger partial charge on any atom is -0.395 e. The standard InChI is InChI=1S/C10H17NOS/c1-2-3-9-4-5-10(13-9)6-8(11)7-12/h4-5,8,12H,2-3,6-7,11H2,1H3. The molecule has 13 heavy (non-hydrogen) atoms. The fourth-order valence-corrected chi connectivity index (χ4v) is 2.45. The number of aryl methyl sites for hydroxylation is 1. The summed E-state index contributed by atoms with van der Waals surface area (Å²) in [5.74, 6) is 0. The molecule has 0 amide bonds. The molecule has 1 atom stereocenters. The number of hydrogen-bond donors (Lipinski definition) is 2. The van der Waals surface area contributed by atoms with E-state index in [1.807, 2.05) is 11.3 Å². The van der Waals surface area contributed by atoms with Crippen LogP contribution in [0.15, 0.2) is 12.1 Å². The average molecular weight is 199 g/mol. The Kier molecular flexibility index (Phi) is 4.42. The van der Waals surface area contributed by atoms with E-state index in [1.165, 1.54) is 16.2 Å². The Labute approximate surface area is 83.4 Å². The van der Waals surface area contributed by atoms with Crippen LogP contribution in [0.4, 0.5) is 0 Å². The molecule has 0 bridgehead atoms. The molecule has 74 valence electrons. The van der Waals surface area contributed by atoms with Gasteiger partial charge in [-0.2, -0.15) is 0 Å². The van der Waals surface area contributed by atoms with Crippen LogP contribution in [0.3, 0.4) is 0 Å². The van der Waals surface area contributed by atoms with Crippen LogP contribution in [-0.2, 0) is 12.8 Å². The van der Waals surface area contributed by atoms with Crippen LogP contribution in [0.1, 0.15) is 23.1 Å². The second kappa shape index (κ2) is 5.37. The maximum atomic E-state index is 8.79. The van der Waals surface area contributed by atoms with Crippen LogP contribution in [-0.4, -0.2) is 17.8 Å². The molecule has 0 saturated carbocycles. The zero-order valence-corrected chi connectivity index (χ0v) is 8.81. The molecule has 3 N–H and O–H groups in total. The summed E-state index contributed by atoms with van der Waals surface area (Å²) in [4.78, 5) is 2.70. The van der Waals surface area contributed by atoms with Crippen molar-refractivity contribution < 1.29 is 5.11 Å². The van der Waals surface area contributed by atoms with Crippen molar-refractivity contribution >= 4 is 11.3 Å². The van der Waals surface area contributed by atoms with Crippen molar-refractivity contribution in [2.45, 2.75) is 32.2 Å². The molecule has 0 aliphatic rings. The van der Waals surface area contributed by atoms with Crippen LogP contribution in [0.2, 0.25) is 0 Å². The second-order valence-corrected chi connectivity index (χ2v) is 4.52. The molecule has 1 heterocycles. The normalized spacial score (nSPS) is 13.2. The highest BCUT2D eigenvalue weighted by Crippen LogP contribution is 2.18. The molecule has 0 saturated heterocycles. The van der Waals surface area contributed by atoms with Gasteiger partial charge in [-0.05, 0) is 25.0 Å². The average Bonchev–Trinajstić information content (AvgIpc) is 2.53. The molecule has 1 aromatic rings. The van der Waals surface area contributed by atoms with Crippen molar-refractivity contribution in [1.82, 2.24) is 0 Å². The first-order valence-corrected chi connectivity index (χ1v) is 5.52. The Morgan fingerprint density at radius 3 is 2.77 bits per heavy atom. The summed E-state index contributed by atoms with van der Waals surface area (Å²) in [6.45, 7) is 2.25. The highest BCUT2D eigenvalue weighted by Gasteiger charge is 2.04. The van der Waals surface area contributed by atoms with E-state index in [4.69, 9.17) is 10.8 Å². The number of aliphatic hydroxyl groups is 1. The molecule has 0 aliphatic heterocycles. The first kappa shape index (κ1) is 10.7. The highest BCUT2D eigenvalue weighted by atomic mass is 32.1. The van der Waals surface area contributed by atoms with Gasteiger partial charge in [0.2, 0.25) is 0 Å². The van der Waals surface area contributed by atoms with E-state index in [0.29, 0.717) is 0 Å². The molecule has 2 nitrogen and oxygen atoms in total. The highest BCUT2D eigenvalue weighted by molar-refractivity contribution is 7.12. The van der Waals surface area contributed by atoms with Crippen LogP contribution in [0.25, 0.3) is 0 Å². The number of aliphatic hydroxyl groups excluding tert-OH is 1. The first-order valence-electron chi connectivity index (χ1n) is 4.70. The van der Waals surface area contributed by atoms with Crippen molar-refractivity contribution in [1.29, 1.82) is 0 Å². The molecule has 1 rings (SSSR count). The predicted molar refractivity (Wildman–Crippen MR) is 57.1 cm³/mol. The lowest BCUT2D eigenvalue weighted by molar-refractivity contribution is 0.266. The van der Waals surface area contributed by atoms with Gasteiger partial charge in [-0.25, -0.2) is 0 Å². The summed E-state index contributed by atoms with van der Waals surface area (Å²) in [6.07, 6.45) is 3.13. The Balaban J connectivity index is 2.48. The molecule has 0 fully saturated rings. The van der Waals surface area contributed by atoms with E-state index in [2.05, 4.69) is 19.1 Å². The van der Waals surface area contributed by atoms with Crippen LogP contribution in [0.5, 0.6) is 0 Å². The van der Waals surface area contributed by atoms with Crippen LogP contribution < -0.4 is 5.73 Å². The van der Waals surface area contributed by atoms with E-state index in [9.17, 15) is 0 Å². The van der Waals surface area contributed by atoms with Gasteiger partial charge >= 0.3 is 0 Å². The van der Waals surface area contributed by atoms with Crippen molar-refractivity contribution in [3.05, 3.63) is 21.9 Å². The summed E-state index contributed by atoms with van der Waals surface area (Å²) < 4.78 is 0. The minimum atomic E-state index is -0.104. The quantitative estimate of drug-likeness (QED) is 0.756. The van der Waals surface area contributed by atoms with E-state index in [1.54, 1.807) is 0 Å². The Morgan fingerprint density at radius 1 is 1.46 bits per heavy atom. The monoisotopic (exact) mass is 199 g/mol. The van der Waals surface area contributed by atoms with Gasteiger partial charge in [0.15, 0.2) is 0 Å². The molecule has 1 unspecified atom stereocenters. The third kappa shape index (κ3) is 3.46. The molecule has 1 aromatic heterocycles. The molecule has 0 spiro atoms. The fraction of sp³-hybridized carbons (Fsp3) is 0.600. The Hall–Kier alpha value is -0.380. The number of hydrogen-bond acceptors (Lipinski definition) is 3. The lowest BCUT2D eigenvalue weighted by atomic mass is 10.2. The molecule has 3 heteroatoms. The lowest BCUT2D eigenvalue weighted by Gasteiger charge is -2.04. The zero-order chi connectivity index (χ0) is 9.68. The van der Waals surface area contributed by atoms with Crippen molar-refractivity contribution in [2.75, 3.05) is 6.61 Å². The smallest absolute Gasteiger partial charge is 0.0586 e. The summed E-state index contributed by atoms with van der Waals surface area (Å²) in [6, 6.07) is 4.17. The van der Waals surface area contributed by atoms with E-state index in [0.717, 1.165) is 12.8 Å². The maximum Gasteiger partial charge on any atom is 0.0586 e. The molecular formula is C10H17NOS. The third-order valence-electron chi connectivity index (χ3n) is 1.91. The third-order valence-corrected chi connectivity index (χ3v) is 3.08. The number of rotatable bonds is 5. The summed E-state index contributed by atoms with van der Waals surface area (Å²) >= 11 is 1.81. The number of nitrogens with two attached hydrogens (primary N) is 1. The minimum absolute atomic E-state index is 0.0704. The Morgan fingerprint density at radius 2 is 2.15 bits per heavy atom. The van der Waals surface area contributed by atoms with Crippen molar-refractivity contribution in [2.24, 2.45) is 5.73 Å². The van der Waals surface area contributed by atoms with Crippen LogP contribution in [0, 0.1) is 0 Å². The van der Waals surface area contributed by atoms with Gasteiger partial charge in [0.25, 0.3) is 0 Å². The van der Waals surface area contributed by atoms with Gasteiger partial charge in [0, 0.05) is 15.8 Å². The number of thiophene rings is 1. The maximum absolute atomic E-state index is 8.79. The van der Waals surface area contributed by atoms with Gasteiger partial charge in [-0.3, -0.25) is 0 Å². The second-order valence-electron chi connectivity index (χ2n) is 3.26. The Bertz CT molecular complexity index is 247. The first-order chi connectivity index (χ1) is 6.26. The van der Waals surface area contributed by atoms with Gasteiger partial charge in [-0.15, -0.1) is 11.3 Å². The molecule has 0 aliphatic carbocycles. The summed E-state index contributed by atoms with van der Waals surface area (Å²) in [5, 5.41) is 8.79. The summed E-state index contributed by atoms with van der Waals surface area (Å²) in [5.41, 5.74) is 5.64. The predicted octanol–water partition coefficient (Wildman–Crippen LogP) is 1.56. The zero-order valence-electron chi connectivity index (χ0n) is 7.99. The van der Waals surface area contributed by atoms with E-state index in [-0.39, 0.29) is 12.6 Å². The topological polar surface area (TPSA) is 46.2 Å². The van der Waals surface area contributed by atoms with Gasteiger partial charge in [-0.1, -0.05) is 13.3 Å². The SMILES string of the molecule is CCCc1ccc(CC(N)CO)s1. The molecular weight excluding hydrogens is 182 g/mol. The lowest BCUT2D eigenvalue weighted by Crippen LogP contribution is -2.26. The fourth-order valence-electron chi connectivity index (χ4n) is 1.24. The van der Waals surface area contributed by atoms with Crippen molar-refractivity contribution in [3.63, 3.8) is 0 Å². The van der Waals surface area contributed by atoms with Crippen molar-refractivity contribution in [3.8, 4) is 0 Å². The van der Waals surface area contributed by atoms with E-state index < -0.39 is 0 Å². The van der Waals surface area contributed by atoms with E-state index >= 15 is 0 Å². The molecule has 0 radical (unpaired) electrons. The molecule has 0 aromatic carbocycles. The summed E-state index contributed by atoms with van der Waals surface area (Å²) in [7, 11) is 0. The van der Waals surface area contributed by atoms with Gasteiger partial charge in [0.05, 0.1) is 6.61 Å². The van der Waals surface area contributed by atoms with Crippen LogP contribution >= 0.6 is 11.3 Å². The van der Waals surface area contributed by atoms with Gasteiger partial charge < -0.3 is 10.8 Å². The largest absolute Gasteiger partial charge is 0.395 e. The van der Waals surface area contributed by atoms with Gasteiger partial charge in [0.1, 0.15) is 0 Å².